The van der Waals surface area contributed by atoms with Crippen molar-refractivity contribution in [1.29, 1.82) is 0 Å². The van der Waals surface area contributed by atoms with Crippen molar-refractivity contribution in [3.05, 3.63) is 86.6 Å². The summed E-state index contributed by atoms with van der Waals surface area (Å²) in [5.74, 6) is 2.11. The fourth-order valence-electron chi connectivity index (χ4n) is 4.47. The third kappa shape index (κ3) is 3.70. The van der Waals surface area contributed by atoms with Crippen molar-refractivity contribution in [2.75, 3.05) is 18.0 Å². The zero-order chi connectivity index (χ0) is 22.3. The molecule has 2 aliphatic rings. The highest BCUT2D eigenvalue weighted by Gasteiger charge is 2.42. The van der Waals surface area contributed by atoms with E-state index in [1.807, 2.05) is 19.9 Å². The van der Waals surface area contributed by atoms with Gasteiger partial charge in [-0.25, -0.2) is 4.98 Å². The minimum atomic E-state index is -0.226. The summed E-state index contributed by atoms with van der Waals surface area (Å²) < 4.78 is 7.78. The number of nitrogens with zero attached hydrogens (tertiary/aromatic N) is 3. The van der Waals surface area contributed by atoms with E-state index in [1.54, 1.807) is 24.3 Å². The number of piperidine rings is 1. The molecule has 0 saturated carbocycles. The molecular formula is C24H25Cl2N3O2. The number of aromatic nitrogens is 2. The van der Waals surface area contributed by atoms with Crippen LogP contribution in [0.5, 0.6) is 0 Å². The predicted octanol–water partition coefficient (Wildman–Crippen LogP) is 5.54. The normalized spacial score (nSPS) is 17.7. The Labute approximate surface area is 192 Å². The molecule has 3 heterocycles. The standard InChI is InChI=1S/C24H25Cl2N3O2/c1-5-17-14-24(31-20(17)6-2)10-12-28(13-11-24)22-15(3)23(30)29(16(4)27-22)19-9-7-8-18(25)21(19)26/h5-9H,1-2,10-14H2,3-4H3. The molecule has 1 aromatic heterocycles. The Kier molecular flexibility index (Phi) is 5.75. The lowest BCUT2D eigenvalue weighted by Gasteiger charge is -2.40. The minimum absolute atomic E-state index is 0.145. The molecule has 0 unspecified atom stereocenters. The second kappa shape index (κ2) is 8.21. The molecule has 0 atom stereocenters. The van der Waals surface area contributed by atoms with Crippen LogP contribution in [0.4, 0.5) is 5.82 Å². The van der Waals surface area contributed by atoms with Crippen molar-refractivity contribution in [2.45, 2.75) is 38.7 Å². The van der Waals surface area contributed by atoms with Crippen molar-refractivity contribution in [3.8, 4) is 5.69 Å². The molecule has 1 fully saturated rings. The largest absolute Gasteiger partial charge is 0.487 e. The number of aryl methyl sites for hydroxylation is 1. The summed E-state index contributed by atoms with van der Waals surface area (Å²) in [4.78, 5) is 20.2. The monoisotopic (exact) mass is 457 g/mol. The zero-order valence-corrected chi connectivity index (χ0v) is 19.3. The molecule has 7 heteroatoms. The van der Waals surface area contributed by atoms with E-state index in [0.717, 1.165) is 43.7 Å². The average molecular weight is 458 g/mol. The lowest BCUT2D eigenvalue weighted by atomic mass is 9.86. The Balaban J connectivity index is 1.61. The van der Waals surface area contributed by atoms with Gasteiger partial charge in [0.15, 0.2) is 0 Å². The maximum Gasteiger partial charge on any atom is 0.263 e. The van der Waals surface area contributed by atoms with Gasteiger partial charge in [-0.15, -0.1) is 0 Å². The van der Waals surface area contributed by atoms with Gasteiger partial charge in [-0.3, -0.25) is 9.36 Å². The van der Waals surface area contributed by atoms with Gasteiger partial charge in [0.2, 0.25) is 0 Å². The molecule has 0 radical (unpaired) electrons. The van der Waals surface area contributed by atoms with E-state index in [1.165, 1.54) is 4.57 Å². The highest BCUT2D eigenvalue weighted by Crippen LogP contribution is 2.42. The summed E-state index contributed by atoms with van der Waals surface area (Å²) in [5.41, 5.74) is 1.86. The first-order valence-electron chi connectivity index (χ1n) is 10.3. The van der Waals surface area contributed by atoms with Crippen LogP contribution in [0.15, 0.2) is 59.6 Å². The van der Waals surface area contributed by atoms with Crippen molar-refractivity contribution >= 4 is 29.0 Å². The third-order valence-electron chi connectivity index (χ3n) is 6.18. The highest BCUT2D eigenvalue weighted by atomic mass is 35.5. The molecule has 0 aliphatic carbocycles. The van der Waals surface area contributed by atoms with Crippen LogP contribution in [0, 0.1) is 13.8 Å². The summed E-state index contributed by atoms with van der Waals surface area (Å²) in [6.07, 6.45) is 6.13. The number of ether oxygens (including phenoxy) is 1. The summed E-state index contributed by atoms with van der Waals surface area (Å²) in [5, 5.41) is 0.738. The molecule has 31 heavy (non-hydrogen) atoms. The molecule has 1 aromatic carbocycles. The molecule has 5 nitrogen and oxygen atoms in total. The second-order valence-corrected chi connectivity index (χ2v) is 8.85. The van der Waals surface area contributed by atoms with Gasteiger partial charge in [0.25, 0.3) is 5.56 Å². The summed E-state index contributed by atoms with van der Waals surface area (Å²) >= 11 is 12.5. The van der Waals surface area contributed by atoms with Gasteiger partial charge in [-0.05, 0) is 37.6 Å². The highest BCUT2D eigenvalue weighted by molar-refractivity contribution is 6.43. The summed E-state index contributed by atoms with van der Waals surface area (Å²) in [6.45, 7) is 12.9. The van der Waals surface area contributed by atoms with Gasteiger partial charge in [-0.2, -0.15) is 0 Å². The van der Waals surface area contributed by atoms with E-state index in [0.29, 0.717) is 32.9 Å². The topological polar surface area (TPSA) is 47.4 Å². The molecule has 0 amide bonds. The van der Waals surface area contributed by atoms with E-state index < -0.39 is 0 Å². The van der Waals surface area contributed by atoms with Crippen LogP contribution in [0.3, 0.4) is 0 Å². The van der Waals surface area contributed by atoms with Crippen LogP contribution < -0.4 is 10.5 Å². The fourth-order valence-corrected chi connectivity index (χ4v) is 4.85. The van der Waals surface area contributed by atoms with Crippen LogP contribution in [0.25, 0.3) is 5.69 Å². The quantitative estimate of drug-likeness (QED) is 0.604. The lowest BCUT2D eigenvalue weighted by Crippen LogP contribution is -2.45. The molecule has 1 spiro atoms. The van der Waals surface area contributed by atoms with Gasteiger partial charge in [0.05, 0.1) is 21.3 Å². The van der Waals surface area contributed by atoms with Crippen molar-refractivity contribution in [1.82, 2.24) is 9.55 Å². The average Bonchev–Trinajstić information content (AvgIpc) is 3.12. The van der Waals surface area contributed by atoms with E-state index in [-0.39, 0.29) is 11.2 Å². The first-order chi connectivity index (χ1) is 14.8. The third-order valence-corrected chi connectivity index (χ3v) is 6.99. The number of hydrogen-bond acceptors (Lipinski definition) is 4. The molecule has 2 aromatic rings. The van der Waals surface area contributed by atoms with Crippen LogP contribution in [-0.2, 0) is 4.74 Å². The minimum Gasteiger partial charge on any atom is -0.487 e. The smallest absolute Gasteiger partial charge is 0.263 e. The van der Waals surface area contributed by atoms with Crippen LogP contribution in [-0.4, -0.2) is 28.2 Å². The molecule has 4 rings (SSSR count). The Morgan fingerprint density at radius 3 is 2.48 bits per heavy atom. The van der Waals surface area contributed by atoms with Crippen LogP contribution >= 0.6 is 23.2 Å². The molecule has 0 N–H and O–H groups in total. The van der Waals surface area contributed by atoms with E-state index in [4.69, 9.17) is 32.9 Å². The molecule has 162 valence electrons. The summed E-state index contributed by atoms with van der Waals surface area (Å²) in [7, 11) is 0. The maximum atomic E-state index is 13.3. The first kappa shape index (κ1) is 21.7. The number of anilines is 1. The number of hydrogen-bond donors (Lipinski definition) is 0. The first-order valence-corrected chi connectivity index (χ1v) is 11.0. The van der Waals surface area contributed by atoms with Gasteiger partial charge in [0.1, 0.15) is 23.0 Å². The lowest BCUT2D eigenvalue weighted by molar-refractivity contribution is 0.00976. The zero-order valence-electron chi connectivity index (χ0n) is 17.8. The van der Waals surface area contributed by atoms with Crippen molar-refractivity contribution < 1.29 is 4.74 Å². The Bertz CT molecular complexity index is 1140. The Morgan fingerprint density at radius 2 is 1.87 bits per heavy atom. The Morgan fingerprint density at radius 1 is 1.16 bits per heavy atom. The maximum absolute atomic E-state index is 13.3. The summed E-state index contributed by atoms with van der Waals surface area (Å²) in [6, 6.07) is 5.24. The number of halogens is 2. The predicted molar refractivity (Wildman–Crippen MR) is 127 cm³/mol. The van der Waals surface area contributed by atoms with Gasteiger partial charge in [0, 0.05) is 32.4 Å². The molecule has 1 saturated heterocycles. The number of rotatable bonds is 4. The Hall–Kier alpha value is -2.50. The molecule has 0 bridgehead atoms. The van der Waals surface area contributed by atoms with Crippen LogP contribution in [0.1, 0.15) is 30.7 Å². The second-order valence-electron chi connectivity index (χ2n) is 8.07. The SMILES string of the molecule is C=CC1=C(C=C)OC2(CCN(c3nc(C)n(-c4cccc(Cl)c4Cl)c(=O)c3C)CC2)C1. The van der Waals surface area contributed by atoms with Crippen molar-refractivity contribution in [3.63, 3.8) is 0 Å². The van der Waals surface area contributed by atoms with Crippen LogP contribution in [0.2, 0.25) is 10.0 Å². The number of benzene rings is 1. The van der Waals surface area contributed by atoms with Gasteiger partial charge < -0.3 is 9.64 Å². The van der Waals surface area contributed by atoms with Gasteiger partial charge >= 0.3 is 0 Å². The van der Waals surface area contributed by atoms with Crippen molar-refractivity contribution in [2.24, 2.45) is 0 Å². The van der Waals surface area contributed by atoms with E-state index in [9.17, 15) is 4.79 Å². The van der Waals surface area contributed by atoms with Gasteiger partial charge in [-0.1, -0.05) is 48.5 Å². The molecular weight excluding hydrogens is 433 g/mol. The van der Waals surface area contributed by atoms with E-state index in [2.05, 4.69) is 18.1 Å². The fraction of sp³-hybridized carbons (Fsp3) is 0.333. The molecule has 2 aliphatic heterocycles. The van der Waals surface area contributed by atoms with E-state index >= 15 is 0 Å². The number of allylic oxidation sites excluding steroid dienone is 2.